The largest absolute Gasteiger partial charge is 0.480 e. The number of rotatable bonds is 12. The van der Waals surface area contributed by atoms with E-state index in [1.54, 1.807) is 6.20 Å². The van der Waals surface area contributed by atoms with Gasteiger partial charge in [0.15, 0.2) is 0 Å². The molecular formula is C20H27N5O7S. The first kappa shape index (κ1) is 26.1. The number of aliphatic hydroxyl groups is 2. The van der Waals surface area contributed by atoms with Gasteiger partial charge in [0, 0.05) is 22.9 Å². The van der Waals surface area contributed by atoms with Crippen LogP contribution in [0.2, 0.25) is 0 Å². The minimum atomic E-state index is -1.51. The molecule has 9 N–H and O–H groups in total. The number of aliphatic carboxylic acids is 1. The highest BCUT2D eigenvalue weighted by Gasteiger charge is 2.29. The van der Waals surface area contributed by atoms with E-state index in [9.17, 15) is 29.4 Å². The second-order valence-corrected chi connectivity index (χ2v) is 7.60. The summed E-state index contributed by atoms with van der Waals surface area (Å²) in [5.41, 5.74) is 7.65. The van der Waals surface area contributed by atoms with E-state index in [1.165, 1.54) is 0 Å². The van der Waals surface area contributed by atoms with Gasteiger partial charge in [0.25, 0.3) is 0 Å². The summed E-state index contributed by atoms with van der Waals surface area (Å²) in [5.74, 6) is -4.19. The van der Waals surface area contributed by atoms with Crippen molar-refractivity contribution in [1.82, 2.24) is 20.9 Å². The quantitative estimate of drug-likeness (QED) is 0.148. The molecule has 12 nitrogen and oxygen atoms in total. The Bertz CT molecular complexity index is 998. The van der Waals surface area contributed by atoms with Crippen molar-refractivity contribution < 1.29 is 34.5 Å². The molecule has 4 atom stereocenters. The SMILES string of the molecule is NC(Cc1c[nH]c2ccccc12)C(=O)NC(CO)C(=O)NC(CO)C(=O)NC(CS)C(=O)O. The number of aliphatic hydroxyl groups excluding tert-OH is 2. The second-order valence-electron chi connectivity index (χ2n) is 7.24. The average Bonchev–Trinajstić information content (AvgIpc) is 3.21. The molecule has 180 valence electrons. The highest BCUT2D eigenvalue weighted by Crippen LogP contribution is 2.18. The Kier molecular flexibility index (Phi) is 9.66. The smallest absolute Gasteiger partial charge is 0.327 e. The minimum absolute atomic E-state index is 0.164. The first-order valence-corrected chi connectivity index (χ1v) is 10.6. The Balaban J connectivity index is 1.97. The zero-order valence-electron chi connectivity index (χ0n) is 17.5. The van der Waals surface area contributed by atoms with Gasteiger partial charge in [0.2, 0.25) is 17.7 Å². The third kappa shape index (κ3) is 6.92. The Morgan fingerprint density at radius 3 is 2.03 bits per heavy atom. The third-order valence-corrected chi connectivity index (χ3v) is 5.24. The van der Waals surface area contributed by atoms with Gasteiger partial charge < -0.3 is 42.0 Å². The number of para-hydroxylation sites is 1. The highest BCUT2D eigenvalue weighted by atomic mass is 32.1. The van der Waals surface area contributed by atoms with E-state index >= 15 is 0 Å². The maximum absolute atomic E-state index is 12.5. The van der Waals surface area contributed by atoms with Crippen LogP contribution in [-0.4, -0.2) is 87.1 Å². The summed E-state index contributed by atoms with van der Waals surface area (Å²) in [7, 11) is 0. The van der Waals surface area contributed by atoms with Gasteiger partial charge in [-0.25, -0.2) is 4.79 Å². The lowest BCUT2D eigenvalue weighted by Gasteiger charge is -2.23. The van der Waals surface area contributed by atoms with Crippen molar-refractivity contribution in [3.8, 4) is 0 Å². The molecule has 33 heavy (non-hydrogen) atoms. The molecule has 0 saturated carbocycles. The number of aromatic nitrogens is 1. The number of H-pyrrole nitrogens is 1. The molecule has 2 aromatic rings. The van der Waals surface area contributed by atoms with Gasteiger partial charge in [-0.15, -0.1) is 0 Å². The molecule has 13 heteroatoms. The van der Waals surface area contributed by atoms with Gasteiger partial charge >= 0.3 is 5.97 Å². The molecule has 0 fully saturated rings. The average molecular weight is 482 g/mol. The molecule has 2 rings (SSSR count). The summed E-state index contributed by atoms with van der Waals surface area (Å²) in [6.07, 6.45) is 1.89. The summed E-state index contributed by atoms with van der Waals surface area (Å²) in [6, 6.07) is 2.13. The van der Waals surface area contributed by atoms with Crippen molar-refractivity contribution >= 4 is 47.2 Å². The first-order chi connectivity index (χ1) is 15.7. The fourth-order valence-electron chi connectivity index (χ4n) is 3.03. The Morgan fingerprint density at radius 2 is 1.48 bits per heavy atom. The topological polar surface area (TPSA) is 207 Å². The van der Waals surface area contributed by atoms with E-state index in [0.717, 1.165) is 16.5 Å². The number of thiol groups is 1. The van der Waals surface area contributed by atoms with E-state index < -0.39 is 61.1 Å². The maximum Gasteiger partial charge on any atom is 0.327 e. The first-order valence-electron chi connectivity index (χ1n) is 9.98. The van der Waals surface area contributed by atoms with Crippen LogP contribution in [0.5, 0.6) is 0 Å². The number of amides is 3. The van der Waals surface area contributed by atoms with Crippen molar-refractivity contribution in [3.05, 3.63) is 36.0 Å². The standard InChI is InChI=1S/C20H27N5O7S/c21-12(5-10-6-22-13-4-2-1-3-11(10)13)17(28)23-14(7-26)18(29)24-15(8-27)19(30)25-16(9-33)20(31)32/h1-4,6,12,14-16,22,26-27,33H,5,7-9,21H2,(H,23,28)(H,24,29)(H,25,30)(H,31,32). The molecule has 0 aliphatic carbocycles. The van der Waals surface area contributed by atoms with Crippen LogP contribution in [0.25, 0.3) is 10.9 Å². The normalized spacial score (nSPS) is 14.7. The van der Waals surface area contributed by atoms with E-state index in [4.69, 9.17) is 10.8 Å². The van der Waals surface area contributed by atoms with Gasteiger partial charge in [-0.1, -0.05) is 18.2 Å². The molecule has 4 unspecified atom stereocenters. The second kappa shape index (κ2) is 12.2. The molecule has 0 radical (unpaired) electrons. The molecule has 0 spiro atoms. The van der Waals surface area contributed by atoms with E-state index in [-0.39, 0.29) is 12.2 Å². The van der Waals surface area contributed by atoms with Crippen LogP contribution in [0.1, 0.15) is 5.56 Å². The fourth-order valence-corrected chi connectivity index (χ4v) is 3.27. The molecule has 1 heterocycles. The van der Waals surface area contributed by atoms with Gasteiger partial charge in [-0.2, -0.15) is 12.6 Å². The lowest BCUT2D eigenvalue weighted by Crippen LogP contribution is -2.59. The number of hydrogen-bond donors (Lipinski definition) is 9. The Hall–Kier alpha value is -3.13. The van der Waals surface area contributed by atoms with Crippen LogP contribution >= 0.6 is 12.6 Å². The monoisotopic (exact) mass is 481 g/mol. The highest BCUT2D eigenvalue weighted by molar-refractivity contribution is 7.80. The number of hydrogen-bond acceptors (Lipinski definition) is 8. The van der Waals surface area contributed by atoms with Crippen LogP contribution in [-0.2, 0) is 25.6 Å². The number of carboxylic acids is 1. The van der Waals surface area contributed by atoms with Crippen molar-refractivity contribution in [1.29, 1.82) is 0 Å². The lowest BCUT2D eigenvalue weighted by molar-refractivity contribution is -0.142. The molecule has 0 aliphatic rings. The molecular weight excluding hydrogens is 454 g/mol. The Labute approximate surface area is 194 Å². The molecule has 3 amide bonds. The number of carbonyl (C=O) groups excluding carboxylic acids is 3. The number of nitrogens with one attached hydrogen (secondary N) is 4. The zero-order chi connectivity index (χ0) is 24.5. The number of benzene rings is 1. The van der Waals surface area contributed by atoms with Crippen LogP contribution < -0.4 is 21.7 Å². The van der Waals surface area contributed by atoms with Gasteiger partial charge in [0.05, 0.1) is 19.3 Å². The maximum atomic E-state index is 12.5. The van der Waals surface area contributed by atoms with E-state index in [1.807, 2.05) is 24.3 Å². The fraction of sp³-hybridized carbons (Fsp3) is 0.400. The van der Waals surface area contributed by atoms with Crippen molar-refractivity contribution in [2.24, 2.45) is 5.73 Å². The van der Waals surface area contributed by atoms with Crippen molar-refractivity contribution in [2.75, 3.05) is 19.0 Å². The molecule has 1 aromatic carbocycles. The molecule has 1 aromatic heterocycles. The number of fused-ring (bicyclic) bond motifs is 1. The molecule has 0 saturated heterocycles. The van der Waals surface area contributed by atoms with Gasteiger partial charge in [0.1, 0.15) is 18.1 Å². The van der Waals surface area contributed by atoms with Crippen LogP contribution in [0.15, 0.2) is 30.5 Å². The lowest BCUT2D eigenvalue weighted by atomic mass is 10.0. The predicted molar refractivity (Wildman–Crippen MR) is 121 cm³/mol. The predicted octanol–water partition coefficient (Wildman–Crippen LogP) is -2.51. The minimum Gasteiger partial charge on any atom is -0.480 e. The van der Waals surface area contributed by atoms with Gasteiger partial charge in [-0.05, 0) is 18.1 Å². The Morgan fingerprint density at radius 1 is 0.939 bits per heavy atom. The van der Waals surface area contributed by atoms with Crippen LogP contribution in [0.3, 0.4) is 0 Å². The summed E-state index contributed by atoms with van der Waals surface area (Å²) in [6.45, 7) is -1.64. The van der Waals surface area contributed by atoms with Crippen molar-refractivity contribution in [2.45, 2.75) is 30.6 Å². The zero-order valence-corrected chi connectivity index (χ0v) is 18.4. The number of nitrogens with two attached hydrogens (primary N) is 1. The number of carbonyl (C=O) groups is 4. The number of carboxylic acid groups (broad SMARTS) is 1. The summed E-state index contributed by atoms with van der Waals surface area (Å²) < 4.78 is 0. The van der Waals surface area contributed by atoms with E-state index in [0.29, 0.717) is 0 Å². The summed E-state index contributed by atoms with van der Waals surface area (Å²) in [4.78, 5) is 51.2. The van der Waals surface area contributed by atoms with Crippen LogP contribution in [0.4, 0.5) is 0 Å². The summed E-state index contributed by atoms with van der Waals surface area (Å²) >= 11 is 3.81. The summed E-state index contributed by atoms with van der Waals surface area (Å²) in [5, 5.41) is 35.4. The van der Waals surface area contributed by atoms with Crippen LogP contribution in [0, 0.1) is 0 Å². The number of aromatic amines is 1. The molecule has 0 aliphatic heterocycles. The molecule has 0 bridgehead atoms. The van der Waals surface area contributed by atoms with Crippen molar-refractivity contribution in [3.63, 3.8) is 0 Å². The van der Waals surface area contributed by atoms with Gasteiger partial charge in [-0.3, -0.25) is 14.4 Å². The third-order valence-electron chi connectivity index (χ3n) is 4.88. The van der Waals surface area contributed by atoms with E-state index in [2.05, 4.69) is 33.6 Å².